The third-order valence-electron chi connectivity index (χ3n) is 5.21. The lowest BCUT2D eigenvalue weighted by molar-refractivity contribution is 0.292. The van der Waals surface area contributed by atoms with Gasteiger partial charge in [-0.3, -0.25) is 5.10 Å². The third kappa shape index (κ3) is 2.57. The van der Waals surface area contributed by atoms with Crippen molar-refractivity contribution in [2.45, 2.75) is 18.9 Å². The molecule has 1 N–H and O–H groups in total. The Morgan fingerprint density at radius 3 is 2.54 bits per heavy atom. The van der Waals surface area contributed by atoms with Crippen LogP contribution in [0.4, 0.5) is 5.82 Å². The van der Waals surface area contributed by atoms with E-state index in [0.29, 0.717) is 12.0 Å². The van der Waals surface area contributed by atoms with Crippen LogP contribution >= 0.6 is 0 Å². The molecule has 1 aliphatic rings. The predicted molar refractivity (Wildman–Crippen MR) is 99.7 cm³/mol. The molecule has 2 unspecified atom stereocenters. The highest BCUT2D eigenvalue weighted by Crippen LogP contribution is 2.35. The topological polar surface area (TPSA) is 35.2 Å². The van der Waals surface area contributed by atoms with Crippen molar-refractivity contribution in [1.82, 2.24) is 15.1 Å². The van der Waals surface area contributed by atoms with Crippen LogP contribution in [0.2, 0.25) is 0 Å². The molecule has 2 aromatic carbocycles. The van der Waals surface area contributed by atoms with Gasteiger partial charge in [-0.05, 0) is 38.7 Å². The number of hydrogen-bond donors (Lipinski definition) is 1. The monoisotopic (exact) mass is 320 g/mol. The number of aromatic nitrogens is 2. The summed E-state index contributed by atoms with van der Waals surface area (Å²) in [6.45, 7) is 4.14. The number of fused-ring (bicyclic) bond motifs is 1. The molecule has 2 heterocycles. The molecule has 1 aromatic heterocycles. The van der Waals surface area contributed by atoms with Gasteiger partial charge in [0.1, 0.15) is 0 Å². The minimum Gasteiger partial charge on any atom is -0.352 e. The van der Waals surface area contributed by atoms with Gasteiger partial charge in [-0.25, -0.2) is 0 Å². The van der Waals surface area contributed by atoms with Gasteiger partial charge in [-0.1, -0.05) is 42.0 Å². The van der Waals surface area contributed by atoms with Gasteiger partial charge in [0.2, 0.25) is 0 Å². The van der Waals surface area contributed by atoms with Gasteiger partial charge in [0.25, 0.3) is 0 Å². The first kappa shape index (κ1) is 15.2. The molecular weight excluding hydrogens is 296 g/mol. The van der Waals surface area contributed by atoms with E-state index in [1.807, 2.05) is 6.07 Å². The molecule has 0 saturated carbocycles. The summed E-state index contributed by atoms with van der Waals surface area (Å²) < 4.78 is 0. The number of nitrogens with zero attached hydrogens (tertiary/aromatic N) is 3. The molecule has 1 aliphatic heterocycles. The molecule has 2 atom stereocenters. The molecule has 124 valence electrons. The molecule has 3 aromatic rings. The summed E-state index contributed by atoms with van der Waals surface area (Å²) in [5, 5.41) is 8.97. The van der Waals surface area contributed by atoms with Crippen molar-refractivity contribution in [2.24, 2.45) is 0 Å². The Morgan fingerprint density at radius 2 is 1.79 bits per heavy atom. The molecule has 0 bridgehead atoms. The fourth-order valence-electron chi connectivity index (χ4n) is 3.81. The molecule has 0 radical (unpaired) electrons. The van der Waals surface area contributed by atoms with Crippen LogP contribution in [0.3, 0.4) is 0 Å². The molecule has 24 heavy (non-hydrogen) atoms. The number of likely N-dealkylation sites (N-methyl/N-ethyl adjacent to an activating group) is 1. The van der Waals surface area contributed by atoms with Crippen molar-refractivity contribution in [3.8, 4) is 0 Å². The van der Waals surface area contributed by atoms with E-state index >= 15 is 0 Å². The molecule has 0 amide bonds. The van der Waals surface area contributed by atoms with E-state index in [1.54, 1.807) is 0 Å². The SMILES string of the molecule is Cc1ccc(C2CN(c3n[nH]c4ccccc34)CC2N(C)C)cc1. The van der Waals surface area contributed by atoms with Gasteiger partial charge in [0.05, 0.1) is 5.52 Å². The number of aryl methyl sites for hydroxylation is 1. The van der Waals surface area contributed by atoms with Gasteiger partial charge in [-0.15, -0.1) is 0 Å². The second kappa shape index (κ2) is 5.95. The van der Waals surface area contributed by atoms with E-state index in [4.69, 9.17) is 0 Å². The zero-order valence-electron chi connectivity index (χ0n) is 14.5. The van der Waals surface area contributed by atoms with E-state index in [0.717, 1.165) is 24.4 Å². The average molecular weight is 320 g/mol. The zero-order chi connectivity index (χ0) is 16.7. The van der Waals surface area contributed by atoms with Crippen LogP contribution in [0, 0.1) is 6.92 Å². The van der Waals surface area contributed by atoms with Crippen molar-refractivity contribution in [1.29, 1.82) is 0 Å². The number of para-hydroxylation sites is 1. The van der Waals surface area contributed by atoms with E-state index in [1.165, 1.54) is 16.5 Å². The normalized spacial score (nSPS) is 21.1. The van der Waals surface area contributed by atoms with Crippen LogP contribution in [-0.2, 0) is 0 Å². The van der Waals surface area contributed by atoms with Crippen LogP contribution in [-0.4, -0.2) is 48.3 Å². The van der Waals surface area contributed by atoms with Gasteiger partial charge >= 0.3 is 0 Å². The summed E-state index contributed by atoms with van der Waals surface area (Å²) in [5.41, 5.74) is 3.84. The lowest BCUT2D eigenvalue weighted by Gasteiger charge is -2.25. The van der Waals surface area contributed by atoms with Gasteiger partial charge in [-0.2, -0.15) is 5.10 Å². The maximum Gasteiger partial charge on any atom is 0.158 e. The largest absolute Gasteiger partial charge is 0.352 e. The first-order valence-electron chi connectivity index (χ1n) is 8.54. The fourth-order valence-corrected chi connectivity index (χ4v) is 3.81. The van der Waals surface area contributed by atoms with Crippen molar-refractivity contribution in [3.05, 3.63) is 59.7 Å². The zero-order valence-corrected chi connectivity index (χ0v) is 14.5. The molecule has 4 rings (SSSR count). The first-order valence-corrected chi connectivity index (χ1v) is 8.54. The number of H-pyrrole nitrogens is 1. The number of hydrogen-bond acceptors (Lipinski definition) is 3. The standard InChI is InChI=1S/C20H24N4/c1-14-8-10-15(11-9-14)17-12-24(13-19(17)23(2)3)20-16-6-4-5-7-18(16)21-22-20/h4-11,17,19H,12-13H2,1-3H3,(H,21,22). The Balaban J connectivity index is 1.68. The first-order chi connectivity index (χ1) is 11.6. The summed E-state index contributed by atoms with van der Waals surface area (Å²) in [6.07, 6.45) is 0. The minimum atomic E-state index is 0.489. The van der Waals surface area contributed by atoms with E-state index < -0.39 is 0 Å². The minimum absolute atomic E-state index is 0.489. The predicted octanol–water partition coefficient (Wildman–Crippen LogP) is 3.41. The second-order valence-electron chi connectivity index (χ2n) is 7.05. The molecule has 1 saturated heterocycles. The summed E-state index contributed by atoms with van der Waals surface area (Å²) >= 11 is 0. The van der Waals surface area contributed by atoms with E-state index in [9.17, 15) is 0 Å². The number of benzene rings is 2. The molecule has 0 spiro atoms. The molecule has 4 heteroatoms. The van der Waals surface area contributed by atoms with Gasteiger partial charge in [0, 0.05) is 30.4 Å². The summed E-state index contributed by atoms with van der Waals surface area (Å²) in [5.74, 6) is 1.57. The van der Waals surface area contributed by atoms with Crippen molar-refractivity contribution in [2.75, 3.05) is 32.1 Å². The highest BCUT2D eigenvalue weighted by molar-refractivity contribution is 5.90. The smallest absolute Gasteiger partial charge is 0.158 e. The van der Waals surface area contributed by atoms with Crippen LogP contribution in [0.15, 0.2) is 48.5 Å². The molecule has 0 aliphatic carbocycles. The fraction of sp³-hybridized carbons (Fsp3) is 0.350. The van der Waals surface area contributed by atoms with Crippen LogP contribution in [0.5, 0.6) is 0 Å². The highest BCUT2D eigenvalue weighted by Gasteiger charge is 2.36. The Morgan fingerprint density at radius 1 is 1.04 bits per heavy atom. The van der Waals surface area contributed by atoms with Crippen LogP contribution in [0.1, 0.15) is 17.0 Å². The average Bonchev–Trinajstić information content (AvgIpc) is 3.19. The Hall–Kier alpha value is -2.33. The quantitative estimate of drug-likeness (QED) is 0.803. The number of aromatic amines is 1. The van der Waals surface area contributed by atoms with Crippen LogP contribution < -0.4 is 4.90 Å². The number of rotatable bonds is 3. The highest BCUT2D eigenvalue weighted by atomic mass is 15.3. The van der Waals surface area contributed by atoms with Gasteiger partial charge in [0.15, 0.2) is 5.82 Å². The lowest BCUT2D eigenvalue weighted by atomic mass is 9.93. The van der Waals surface area contributed by atoms with E-state index in [-0.39, 0.29) is 0 Å². The van der Waals surface area contributed by atoms with E-state index in [2.05, 4.69) is 83.5 Å². The van der Waals surface area contributed by atoms with Gasteiger partial charge < -0.3 is 9.80 Å². The summed E-state index contributed by atoms with van der Waals surface area (Å²) in [7, 11) is 4.36. The Bertz CT molecular complexity index is 834. The molecule has 4 nitrogen and oxygen atoms in total. The van der Waals surface area contributed by atoms with Crippen molar-refractivity contribution < 1.29 is 0 Å². The van der Waals surface area contributed by atoms with Crippen molar-refractivity contribution in [3.63, 3.8) is 0 Å². The van der Waals surface area contributed by atoms with Crippen LogP contribution in [0.25, 0.3) is 10.9 Å². The third-order valence-corrected chi connectivity index (χ3v) is 5.21. The Kier molecular flexibility index (Phi) is 3.77. The maximum absolute atomic E-state index is 4.60. The Labute approximate surface area is 143 Å². The molecule has 1 fully saturated rings. The number of anilines is 1. The maximum atomic E-state index is 4.60. The van der Waals surface area contributed by atoms with Crippen molar-refractivity contribution >= 4 is 16.7 Å². The summed E-state index contributed by atoms with van der Waals surface area (Å²) in [4.78, 5) is 4.77. The summed E-state index contributed by atoms with van der Waals surface area (Å²) in [6, 6.07) is 17.8. The lowest BCUT2D eigenvalue weighted by Crippen LogP contribution is -2.34. The number of nitrogens with one attached hydrogen (secondary N) is 1. The molecular formula is C20H24N4. The second-order valence-corrected chi connectivity index (χ2v) is 7.05.